The monoisotopic (exact) mass is 388 g/mol. The van der Waals surface area contributed by atoms with E-state index in [0.717, 1.165) is 21.4 Å². The number of aromatic nitrogens is 1. The van der Waals surface area contributed by atoms with Gasteiger partial charge in [-0.25, -0.2) is 14.5 Å². The standard InChI is InChI=1S/C22H16N2O5/c1-28-22(27)24(18-13-23-10-9-17(18)21(25)26)20-12-16-11-15(7-8-19(16)29-20)14-5-3-2-4-6-14/h2-13H,1H3,(H,25,26). The van der Waals surface area contributed by atoms with Gasteiger partial charge in [-0.3, -0.25) is 4.98 Å². The summed E-state index contributed by atoms with van der Waals surface area (Å²) in [5, 5.41) is 10.2. The van der Waals surface area contributed by atoms with E-state index in [1.54, 1.807) is 12.1 Å². The number of aromatic carboxylic acids is 1. The second kappa shape index (κ2) is 7.47. The first-order chi connectivity index (χ1) is 14.1. The zero-order chi connectivity index (χ0) is 20.4. The Morgan fingerprint density at radius 2 is 1.83 bits per heavy atom. The van der Waals surface area contributed by atoms with Gasteiger partial charge in [-0.05, 0) is 29.3 Å². The highest BCUT2D eigenvalue weighted by atomic mass is 16.5. The zero-order valence-electron chi connectivity index (χ0n) is 15.4. The molecule has 0 saturated carbocycles. The van der Waals surface area contributed by atoms with Crippen molar-refractivity contribution in [2.75, 3.05) is 12.0 Å². The predicted molar refractivity (Wildman–Crippen MR) is 107 cm³/mol. The van der Waals surface area contributed by atoms with Crippen molar-refractivity contribution in [2.24, 2.45) is 0 Å². The Hall–Kier alpha value is -4.13. The predicted octanol–water partition coefficient (Wildman–Crippen LogP) is 5.10. The number of furan rings is 1. The van der Waals surface area contributed by atoms with Crippen LogP contribution in [-0.4, -0.2) is 29.3 Å². The summed E-state index contributed by atoms with van der Waals surface area (Å²) in [5.74, 6) is -1.06. The summed E-state index contributed by atoms with van der Waals surface area (Å²) in [6.07, 6.45) is 1.83. The number of nitrogens with zero attached hydrogens (tertiary/aromatic N) is 2. The number of fused-ring (bicyclic) bond motifs is 1. The van der Waals surface area contributed by atoms with Crippen LogP contribution in [0.5, 0.6) is 0 Å². The number of amides is 1. The van der Waals surface area contributed by atoms with Crippen LogP contribution in [0.4, 0.5) is 16.4 Å². The summed E-state index contributed by atoms with van der Waals surface area (Å²) in [5.41, 5.74) is 2.53. The molecule has 0 spiro atoms. The first-order valence-electron chi connectivity index (χ1n) is 8.73. The van der Waals surface area contributed by atoms with Crippen LogP contribution in [0.1, 0.15) is 10.4 Å². The molecule has 7 nitrogen and oxygen atoms in total. The second-order valence-electron chi connectivity index (χ2n) is 6.21. The Kier molecular flexibility index (Phi) is 4.70. The van der Waals surface area contributed by atoms with Crippen LogP contribution in [0.25, 0.3) is 22.1 Å². The molecule has 4 rings (SSSR count). The van der Waals surface area contributed by atoms with Gasteiger partial charge < -0.3 is 14.3 Å². The van der Waals surface area contributed by atoms with Gasteiger partial charge in [0.2, 0.25) is 5.88 Å². The Morgan fingerprint density at radius 3 is 2.55 bits per heavy atom. The molecule has 2 aromatic heterocycles. The van der Waals surface area contributed by atoms with Gasteiger partial charge in [0.05, 0.1) is 24.6 Å². The first-order valence-corrected chi connectivity index (χ1v) is 8.73. The van der Waals surface area contributed by atoms with Gasteiger partial charge in [-0.2, -0.15) is 0 Å². The van der Waals surface area contributed by atoms with Crippen LogP contribution in [-0.2, 0) is 4.74 Å². The summed E-state index contributed by atoms with van der Waals surface area (Å²) in [6, 6.07) is 18.5. The van der Waals surface area contributed by atoms with E-state index in [0.29, 0.717) is 5.58 Å². The van der Waals surface area contributed by atoms with Crippen molar-refractivity contribution in [2.45, 2.75) is 0 Å². The molecule has 1 N–H and O–H groups in total. The van der Waals surface area contributed by atoms with E-state index in [9.17, 15) is 14.7 Å². The van der Waals surface area contributed by atoms with Gasteiger partial charge in [0.1, 0.15) is 5.58 Å². The molecule has 0 unspecified atom stereocenters. The maximum Gasteiger partial charge on any atom is 0.421 e. The number of rotatable bonds is 4. The topological polar surface area (TPSA) is 92.9 Å². The molecule has 0 saturated heterocycles. The minimum Gasteiger partial charge on any atom is -0.478 e. The number of anilines is 2. The molecule has 0 atom stereocenters. The number of ether oxygens (including phenoxy) is 1. The normalized spacial score (nSPS) is 10.7. The van der Waals surface area contributed by atoms with Crippen molar-refractivity contribution >= 4 is 34.6 Å². The Bertz CT molecular complexity index is 1200. The summed E-state index contributed by atoms with van der Waals surface area (Å²) in [7, 11) is 1.21. The molecule has 0 aliphatic heterocycles. The Balaban J connectivity index is 1.84. The molecule has 0 bridgehead atoms. The lowest BCUT2D eigenvalue weighted by molar-refractivity contribution is 0.0697. The van der Waals surface area contributed by atoms with E-state index in [1.165, 1.54) is 25.6 Å². The molecular formula is C22H16N2O5. The molecule has 0 aliphatic carbocycles. The fraction of sp³-hybridized carbons (Fsp3) is 0.0455. The van der Waals surface area contributed by atoms with E-state index in [4.69, 9.17) is 9.15 Å². The first kappa shape index (κ1) is 18.2. The average Bonchev–Trinajstić information content (AvgIpc) is 3.17. The molecule has 29 heavy (non-hydrogen) atoms. The lowest BCUT2D eigenvalue weighted by Gasteiger charge is -2.19. The van der Waals surface area contributed by atoms with Crippen molar-refractivity contribution in [1.82, 2.24) is 4.98 Å². The van der Waals surface area contributed by atoms with E-state index in [-0.39, 0.29) is 17.1 Å². The maximum atomic E-state index is 12.5. The van der Waals surface area contributed by atoms with Crippen LogP contribution in [0, 0.1) is 0 Å². The number of pyridine rings is 1. The third-order valence-electron chi connectivity index (χ3n) is 4.46. The molecule has 0 radical (unpaired) electrons. The van der Waals surface area contributed by atoms with Crippen molar-refractivity contribution in [3.8, 4) is 11.1 Å². The Morgan fingerprint density at radius 1 is 1.03 bits per heavy atom. The highest BCUT2D eigenvalue weighted by Gasteiger charge is 2.27. The number of carbonyl (C=O) groups excluding carboxylic acids is 1. The lowest BCUT2D eigenvalue weighted by Crippen LogP contribution is -2.27. The van der Waals surface area contributed by atoms with Crippen molar-refractivity contribution < 1.29 is 23.8 Å². The van der Waals surface area contributed by atoms with Crippen LogP contribution in [0.15, 0.2) is 77.5 Å². The molecule has 2 aromatic carbocycles. The van der Waals surface area contributed by atoms with Gasteiger partial charge in [-0.1, -0.05) is 36.4 Å². The van der Waals surface area contributed by atoms with Gasteiger partial charge in [0.15, 0.2) is 0 Å². The zero-order valence-corrected chi connectivity index (χ0v) is 15.4. The number of benzene rings is 2. The third-order valence-corrected chi connectivity index (χ3v) is 4.46. The number of carboxylic acid groups (broad SMARTS) is 1. The molecule has 7 heteroatoms. The third kappa shape index (κ3) is 3.41. The number of hydrogen-bond donors (Lipinski definition) is 1. The van der Waals surface area contributed by atoms with E-state index < -0.39 is 12.1 Å². The van der Waals surface area contributed by atoms with Gasteiger partial charge in [0.25, 0.3) is 0 Å². The minimum atomic E-state index is -1.20. The van der Waals surface area contributed by atoms with Crippen molar-refractivity contribution in [3.05, 3.63) is 78.6 Å². The second-order valence-corrected chi connectivity index (χ2v) is 6.21. The Labute approximate surface area is 165 Å². The van der Waals surface area contributed by atoms with Crippen LogP contribution >= 0.6 is 0 Å². The molecule has 0 fully saturated rings. The van der Waals surface area contributed by atoms with Crippen LogP contribution in [0.2, 0.25) is 0 Å². The molecule has 144 valence electrons. The summed E-state index contributed by atoms with van der Waals surface area (Å²) >= 11 is 0. The minimum absolute atomic E-state index is 0.0502. The lowest BCUT2D eigenvalue weighted by atomic mass is 10.0. The van der Waals surface area contributed by atoms with Gasteiger partial charge in [0, 0.05) is 17.6 Å². The number of hydrogen-bond acceptors (Lipinski definition) is 5. The van der Waals surface area contributed by atoms with E-state index in [2.05, 4.69) is 4.98 Å². The highest BCUT2D eigenvalue weighted by Crippen LogP contribution is 2.35. The molecule has 2 heterocycles. The van der Waals surface area contributed by atoms with Crippen molar-refractivity contribution in [3.63, 3.8) is 0 Å². The average molecular weight is 388 g/mol. The summed E-state index contributed by atoms with van der Waals surface area (Å²) < 4.78 is 10.7. The van der Waals surface area contributed by atoms with Crippen LogP contribution < -0.4 is 4.90 Å². The van der Waals surface area contributed by atoms with Gasteiger partial charge in [-0.15, -0.1) is 0 Å². The van der Waals surface area contributed by atoms with Gasteiger partial charge >= 0.3 is 12.1 Å². The number of methoxy groups -OCH3 is 1. The van der Waals surface area contributed by atoms with E-state index in [1.807, 2.05) is 42.5 Å². The quantitative estimate of drug-likeness (QED) is 0.523. The molecule has 1 amide bonds. The number of carbonyl (C=O) groups is 2. The maximum absolute atomic E-state index is 12.5. The molecule has 4 aromatic rings. The molecular weight excluding hydrogens is 372 g/mol. The number of carboxylic acids is 1. The van der Waals surface area contributed by atoms with E-state index >= 15 is 0 Å². The van der Waals surface area contributed by atoms with Crippen molar-refractivity contribution in [1.29, 1.82) is 0 Å². The largest absolute Gasteiger partial charge is 0.478 e. The van der Waals surface area contributed by atoms with Crippen LogP contribution in [0.3, 0.4) is 0 Å². The fourth-order valence-corrected chi connectivity index (χ4v) is 3.09. The fourth-order valence-electron chi connectivity index (χ4n) is 3.09. The summed E-state index contributed by atoms with van der Waals surface area (Å²) in [4.78, 5) is 29.1. The molecule has 0 aliphatic rings. The smallest absolute Gasteiger partial charge is 0.421 e. The SMILES string of the molecule is COC(=O)N(c1cc2cc(-c3ccccc3)ccc2o1)c1cnccc1C(=O)O. The summed E-state index contributed by atoms with van der Waals surface area (Å²) in [6.45, 7) is 0. The highest BCUT2D eigenvalue weighted by molar-refractivity contribution is 6.04.